The Morgan fingerprint density at radius 1 is 1.42 bits per heavy atom. The van der Waals surface area contributed by atoms with Crippen molar-refractivity contribution in [2.24, 2.45) is 10.7 Å². The molecule has 0 aromatic heterocycles. The molecule has 1 aliphatic heterocycles. The van der Waals surface area contributed by atoms with Crippen molar-refractivity contribution < 1.29 is 0 Å². The Kier molecular flexibility index (Phi) is 1.66. The van der Waals surface area contributed by atoms with Crippen LogP contribution in [0.1, 0.15) is 5.56 Å². The van der Waals surface area contributed by atoms with Crippen LogP contribution in [0, 0.1) is 0 Å². The van der Waals surface area contributed by atoms with Crippen LogP contribution in [0.5, 0.6) is 0 Å². The maximum atomic E-state index is 5.79. The van der Waals surface area contributed by atoms with Gasteiger partial charge in [0.05, 0.1) is 12.2 Å². The second kappa shape index (κ2) is 2.68. The average molecular weight is 181 g/mol. The zero-order valence-electron chi connectivity index (χ0n) is 6.29. The number of rotatable bonds is 0. The fourth-order valence-electron chi connectivity index (χ4n) is 1.11. The third-order valence-corrected chi connectivity index (χ3v) is 1.92. The number of fused-ring (bicyclic) bond motifs is 1. The van der Waals surface area contributed by atoms with Crippen molar-refractivity contribution in [2.75, 3.05) is 0 Å². The molecule has 1 aromatic carbocycles. The Hall–Kier alpha value is -1.22. The van der Waals surface area contributed by atoms with Gasteiger partial charge in [0.15, 0.2) is 0 Å². The molecule has 0 bridgehead atoms. The largest absolute Gasteiger partial charge is 0.368 e. The molecular weight excluding hydrogens is 174 g/mol. The third-order valence-electron chi connectivity index (χ3n) is 1.69. The summed E-state index contributed by atoms with van der Waals surface area (Å²) in [6.07, 6.45) is 0. The molecule has 1 heterocycles. The molecule has 1 radical (unpaired) electrons. The summed E-state index contributed by atoms with van der Waals surface area (Å²) in [5.41, 5.74) is 7.33. The topological polar surface area (TPSA) is 52.5 Å². The van der Waals surface area contributed by atoms with E-state index in [0.717, 1.165) is 11.3 Å². The SMILES string of the molecule is NC1=Nc2ccc(Cl)cc2C[N]1. The van der Waals surface area contributed by atoms with Gasteiger partial charge in [-0.05, 0) is 18.2 Å². The highest BCUT2D eigenvalue weighted by atomic mass is 35.5. The minimum atomic E-state index is 0.338. The highest BCUT2D eigenvalue weighted by Gasteiger charge is 2.09. The van der Waals surface area contributed by atoms with E-state index in [1.807, 2.05) is 12.1 Å². The molecule has 4 heteroatoms. The summed E-state index contributed by atoms with van der Waals surface area (Å²) >= 11 is 5.79. The molecular formula is C8H7ClN3. The molecule has 12 heavy (non-hydrogen) atoms. The van der Waals surface area contributed by atoms with Crippen molar-refractivity contribution in [3.8, 4) is 0 Å². The number of hydrogen-bond donors (Lipinski definition) is 1. The van der Waals surface area contributed by atoms with Gasteiger partial charge in [0, 0.05) is 10.6 Å². The summed E-state index contributed by atoms with van der Waals surface area (Å²) in [5.74, 6) is 0.338. The first-order valence-electron chi connectivity index (χ1n) is 3.56. The van der Waals surface area contributed by atoms with Crippen LogP contribution in [0.3, 0.4) is 0 Å². The van der Waals surface area contributed by atoms with E-state index in [4.69, 9.17) is 17.3 Å². The van der Waals surface area contributed by atoms with Crippen molar-refractivity contribution in [3.63, 3.8) is 0 Å². The van der Waals surface area contributed by atoms with Gasteiger partial charge in [0.2, 0.25) is 5.96 Å². The van der Waals surface area contributed by atoms with Crippen molar-refractivity contribution in [2.45, 2.75) is 6.54 Å². The van der Waals surface area contributed by atoms with Gasteiger partial charge in [0.1, 0.15) is 0 Å². The smallest absolute Gasteiger partial charge is 0.216 e. The van der Waals surface area contributed by atoms with Gasteiger partial charge in [-0.1, -0.05) is 11.6 Å². The predicted octanol–water partition coefficient (Wildman–Crippen LogP) is 1.40. The van der Waals surface area contributed by atoms with E-state index in [1.165, 1.54) is 0 Å². The van der Waals surface area contributed by atoms with E-state index >= 15 is 0 Å². The van der Waals surface area contributed by atoms with Gasteiger partial charge in [-0.2, -0.15) is 0 Å². The first-order chi connectivity index (χ1) is 5.75. The van der Waals surface area contributed by atoms with E-state index in [2.05, 4.69) is 10.3 Å². The van der Waals surface area contributed by atoms with Gasteiger partial charge in [0.25, 0.3) is 0 Å². The number of nitrogens with two attached hydrogens (primary N) is 1. The van der Waals surface area contributed by atoms with Crippen molar-refractivity contribution in [1.82, 2.24) is 5.32 Å². The molecule has 1 aromatic rings. The highest BCUT2D eigenvalue weighted by Crippen LogP contribution is 2.25. The lowest BCUT2D eigenvalue weighted by Gasteiger charge is -2.12. The Labute approximate surface area is 75.2 Å². The van der Waals surface area contributed by atoms with Gasteiger partial charge >= 0.3 is 0 Å². The number of aliphatic imine (C=N–C) groups is 1. The number of nitrogens with zero attached hydrogens (tertiary/aromatic N) is 2. The highest BCUT2D eigenvalue weighted by molar-refractivity contribution is 6.30. The molecule has 0 fully saturated rings. The zero-order valence-corrected chi connectivity index (χ0v) is 7.04. The number of halogens is 1. The van der Waals surface area contributed by atoms with Crippen LogP contribution in [-0.2, 0) is 6.54 Å². The third kappa shape index (κ3) is 1.23. The van der Waals surface area contributed by atoms with E-state index in [0.29, 0.717) is 17.5 Å². The molecule has 61 valence electrons. The summed E-state index contributed by atoms with van der Waals surface area (Å²) in [7, 11) is 0. The molecule has 0 saturated heterocycles. The molecule has 0 atom stereocenters. The van der Waals surface area contributed by atoms with Crippen molar-refractivity contribution in [1.29, 1.82) is 0 Å². The van der Waals surface area contributed by atoms with Crippen LogP contribution >= 0.6 is 11.6 Å². The van der Waals surface area contributed by atoms with Crippen LogP contribution in [0.4, 0.5) is 5.69 Å². The first kappa shape index (κ1) is 7.43. The average Bonchev–Trinajstić information content (AvgIpc) is 2.05. The Morgan fingerprint density at radius 3 is 3.08 bits per heavy atom. The molecule has 0 saturated carbocycles. The summed E-state index contributed by atoms with van der Waals surface area (Å²) in [6.45, 7) is 0.575. The lowest BCUT2D eigenvalue weighted by Crippen LogP contribution is -2.26. The van der Waals surface area contributed by atoms with Crippen molar-refractivity contribution in [3.05, 3.63) is 28.8 Å². The lowest BCUT2D eigenvalue weighted by atomic mass is 10.1. The molecule has 2 N–H and O–H groups in total. The second-order valence-electron chi connectivity index (χ2n) is 2.56. The standard InChI is InChI=1S/C8H7ClN3/c9-6-1-2-7-5(3-6)4-11-8(10)12-7/h1-3H,4H2,(H2,10,12). The quantitative estimate of drug-likeness (QED) is 0.645. The molecule has 3 nitrogen and oxygen atoms in total. The molecule has 0 aliphatic carbocycles. The van der Waals surface area contributed by atoms with Crippen LogP contribution in [0.2, 0.25) is 5.02 Å². The van der Waals surface area contributed by atoms with Gasteiger partial charge in [-0.15, -0.1) is 0 Å². The van der Waals surface area contributed by atoms with E-state index < -0.39 is 0 Å². The molecule has 0 unspecified atom stereocenters. The van der Waals surface area contributed by atoms with Crippen molar-refractivity contribution >= 4 is 23.2 Å². The molecule has 0 amide bonds. The van der Waals surface area contributed by atoms with Crippen LogP contribution in [0.15, 0.2) is 23.2 Å². The number of guanidine groups is 1. The lowest BCUT2D eigenvalue weighted by molar-refractivity contribution is 0.866. The van der Waals surface area contributed by atoms with Crippen LogP contribution in [0.25, 0.3) is 0 Å². The fraction of sp³-hybridized carbons (Fsp3) is 0.125. The number of benzene rings is 1. The summed E-state index contributed by atoms with van der Waals surface area (Å²) in [6, 6.07) is 5.50. The Bertz CT molecular complexity index is 346. The van der Waals surface area contributed by atoms with Gasteiger partial charge in [-0.25, -0.2) is 10.3 Å². The monoisotopic (exact) mass is 180 g/mol. The second-order valence-corrected chi connectivity index (χ2v) is 3.00. The fourth-order valence-corrected chi connectivity index (χ4v) is 1.31. The maximum absolute atomic E-state index is 5.79. The summed E-state index contributed by atoms with van der Waals surface area (Å²) in [5, 5.41) is 4.69. The summed E-state index contributed by atoms with van der Waals surface area (Å²) in [4.78, 5) is 4.06. The molecule has 1 aliphatic rings. The minimum absolute atomic E-state index is 0.338. The van der Waals surface area contributed by atoms with E-state index in [1.54, 1.807) is 6.07 Å². The maximum Gasteiger partial charge on any atom is 0.216 e. The Balaban J connectivity index is 2.51. The Morgan fingerprint density at radius 2 is 2.25 bits per heavy atom. The van der Waals surface area contributed by atoms with Gasteiger partial charge < -0.3 is 5.73 Å². The van der Waals surface area contributed by atoms with Crippen LogP contribution in [-0.4, -0.2) is 5.96 Å². The first-order valence-corrected chi connectivity index (χ1v) is 3.93. The predicted molar refractivity (Wildman–Crippen MR) is 48.6 cm³/mol. The number of hydrogen-bond acceptors (Lipinski definition) is 2. The van der Waals surface area contributed by atoms with E-state index in [-0.39, 0.29) is 0 Å². The zero-order chi connectivity index (χ0) is 8.55. The normalized spacial score (nSPS) is 14.6. The van der Waals surface area contributed by atoms with Gasteiger partial charge in [-0.3, -0.25) is 0 Å². The van der Waals surface area contributed by atoms with E-state index in [9.17, 15) is 0 Å². The molecule has 0 spiro atoms. The molecule has 2 rings (SSSR count). The summed E-state index contributed by atoms with van der Waals surface area (Å²) < 4.78 is 0. The van der Waals surface area contributed by atoms with Crippen LogP contribution < -0.4 is 11.1 Å². The minimum Gasteiger partial charge on any atom is -0.368 e.